The van der Waals surface area contributed by atoms with Crippen LogP contribution in [0.5, 0.6) is 0 Å². The first-order chi connectivity index (χ1) is 10.6. The number of aryl methyl sites for hydroxylation is 1. The second kappa shape index (κ2) is 6.03. The van der Waals surface area contributed by atoms with E-state index in [0.717, 1.165) is 6.07 Å². The molecule has 0 bridgehead atoms. The maximum absolute atomic E-state index is 12.8. The molecule has 0 radical (unpaired) electrons. The molecule has 1 aromatic heterocycles. The van der Waals surface area contributed by atoms with Crippen LogP contribution < -0.4 is 5.32 Å². The molecule has 0 fully saturated rings. The van der Waals surface area contributed by atoms with Crippen molar-refractivity contribution in [2.45, 2.75) is 19.6 Å². The van der Waals surface area contributed by atoms with Gasteiger partial charge in [-0.2, -0.15) is 13.2 Å². The summed E-state index contributed by atoms with van der Waals surface area (Å²) in [6.45, 7) is 1.76. The van der Waals surface area contributed by atoms with Crippen molar-refractivity contribution in [2.75, 3.05) is 5.32 Å². The average Bonchev–Trinajstić information content (AvgIpc) is 2.74. The Morgan fingerprint density at radius 1 is 1.39 bits per heavy atom. The minimum atomic E-state index is -4.78. The molecule has 0 aliphatic carbocycles. The fraction of sp³-hybridized carbons (Fsp3) is 0.333. The molecule has 0 amide bonds. The predicted octanol–water partition coefficient (Wildman–Crippen LogP) is 3.32. The van der Waals surface area contributed by atoms with E-state index in [1.165, 1.54) is 0 Å². The second-order valence-electron chi connectivity index (χ2n) is 4.68. The number of rotatable bonds is 4. The number of alkyl halides is 3. The van der Waals surface area contributed by atoms with Crippen LogP contribution in [-0.4, -0.2) is 19.7 Å². The quantitative estimate of drug-likeness (QED) is 0.676. The van der Waals surface area contributed by atoms with Crippen molar-refractivity contribution in [1.29, 1.82) is 0 Å². The molecule has 1 heterocycles. The van der Waals surface area contributed by atoms with Crippen LogP contribution in [0, 0.1) is 17.0 Å². The Labute approximate surface area is 133 Å². The fourth-order valence-electron chi connectivity index (χ4n) is 1.85. The SMILES string of the molecule is Cc1nnc(CNc2cc(Cl)c(C(F)(F)F)cc2[N+](=O)[O-])n1C. The van der Waals surface area contributed by atoms with E-state index in [-0.39, 0.29) is 12.2 Å². The van der Waals surface area contributed by atoms with Gasteiger partial charge in [-0.05, 0) is 13.0 Å². The molecule has 1 N–H and O–H groups in total. The lowest BCUT2D eigenvalue weighted by atomic mass is 10.1. The fourth-order valence-corrected chi connectivity index (χ4v) is 2.12. The smallest absolute Gasteiger partial charge is 0.372 e. The lowest BCUT2D eigenvalue weighted by Gasteiger charge is -2.12. The van der Waals surface area contributed by atoms with Crippen molar-refractivity contribution in [1.82, 2.24) is 14.8 Å². The average molecular weight is 350 g/mol. The summed E-state index contributed by atoms with van der Waals surface area (Å²) in [6.07, 6.45) is -4.78. The number of aromatic nitrogens is 3. The zero-order chi connectivity index (χ0) is 17.4. The largest absolute Gasteiger partial charge is 0.418 e. The van der Waals surface area contributed by atoms with Crippen LogP contribution in [0.2, 0.25) is 5.02 Å². The monoisotopic (exact) mass is 349 g/mol. The highest BCUT2D eigenvalue weighted by molar-refractivity contribution is 6.31. The Hall–Kier alpha value is -2.36. The molecule has 23 heavy (non-hydrogen) atoms. The summed E-state index contributed by atoms with van der Waals surface area (Å²) in [7, 11) is 1.69. The number of anilines is 1. The summed E-state index contributed by atoms with van der Waals surface area (Å²) in [6, 6.07) is 1.29. The van der Waals surface area contributed by atoms with E-state index >= 15 is 0 Å². The number of hydrogen-bond donors (Lipinski definition) is 1. The van der Waals surface area contributed by atoms with Crippen LogP contribution in [-0.2, 0) is 19.8 Å². The molecule has 0 saturated carbocycles. The van der Waals surface area contributed by atoms with E-state index in [1.54, 1.807) is 18.5 Å². The number of hydrogen-bond acceptors (Lipinski definition) is 5. The Kier molecular flexibility index (Phi) is 4.46. The van der Waals surface area contributed by atoms with Crippen molar-refractivity contribution in [2.24, 2.45) is 7.05 Å². The van der Waals surface area contributed by atoms with Crippen LogP contribution in [0.25, 0.3) is 0 Å². The number of nitrogens with zero attached hydrogens (tertiary/aromatic N) is 4. The first-order valence-electron chi connectivity index (χ1n) is 6.25. The highest BCUT2D eigenvalue weighted by Gasteiger charge is 2.36. The zero-order valence-electron chi connectivity index (χ0n) is 12.0. The minimum Gasteiger partial charge on any atom is -0.372 e. The number of benzene rings is 1. The van der Waals surface area contributed by atoms with Crippen molar-refractivity contribution in [3.8, 4) is 0 Å². The van der Waals surface area contributed by atoms with Gasteiger partial charge >= 0.3 is 6.18 Å². The number of nitro benzene ring substituents is 1. The Morgan fingerprint density at radius 3 is 2.52 bits per heavy atom. The van der Waals surface area contributed by atoms with Crippen molar-refractivity contribution in [3.05, 3.63) is 44.5 Å². The van der Waals surface area contributed by atoms with Crippen LogP contribution in [0.15, 0.2) is 12.1 Å². The summed E-state index contributed by atoms with van der Waals surface area (Å²) in [5.41, 5.74) is -2.11. The summed E-state index contributed by atoms with van der Waals surface area (Å²) in [4.78, 5) is 10.1. The maximum Gasteiger partial charge on any atom is 0.418 e. The molecule has 0 unspecified atom stereocenters. The third-order valence-electron chi connectivity index (χ3n) is 3.21. The number of nitrogens with one attached hydrogen (secondary N) is 1. The number of nitro groups is 1. The van der Waals surface area contributed by atoms with Gasteiger partial charge in [-0.3, -0.25) is 10.1 Å². The molecule has 0 atom stereocenters. The number of halogens is 4. The zero-order valence-corrected chi connectivity index (χ0v) is 12.7. The molecule has 1 aromatic carbocycles. The Balaban J connectivity index is 2.36. The summed E-state index contributed by atoms with van der Waals surface area (Å²) >= 11 is 5.59. The van der Waals surface area contributed by atoms with Crippen molar-refractivity contribution in [3.63, 3.8) is 0 Å². The molecule has 0 spiro atoms. The third kappa shape index (κ3) is 3.52. The van der Waals surface area contributed by atoms with Gasteiger partial charge in [-0.15, -0.1) is 10.2 Å². The molecular weight excluding hydrogens is 339 g/mol. The summed E-state index contributed by atoms with van der Waals surface area (Å²) in [5.74, 6) is 1.09. The molecule has 124 valence electrons. The van der Waals surface area contributed by atoms with Crippen LogP contribution >= 0.6 is 11.6 Å². The minimum absolute atomic E-state index is 0.0415. The third-order valence-corrected chi connectivity index (χ3v) is 3.52. The lowest BCUT2D eigenvalue weighted by Crippen LogP contribution is -2.11. The van der Waals surface area contributed by atoms with Crippen LogP contribution in [0.4, 0.5) is 24.5 Å². The molecule has 0 aliphatic rings. The van der Waals surface area contributed by atoms with Gasteiger partial charge in [0.15, 0.2) is 5.82 Å². The van der Waals surface area contributed by atoms with Gasteiger partial charge in [0.05, 0.1) is 22.1 Å². The Bertz CT molecular complexity index is 760. The van der Waals surface area contributed by atoms with E-state index in [0.29, 0.717) is 17.7 Å². The highest BCUT2D eigenvalue weighted by Crippen LogP contribution is 2.40. The molecule has 0 aliphatic heterocycles. The molecule has 0 saturated heterocycles. The topological polar surface area (TPSA) is 85.9 Å². The van der Waals surface area contributed by atoms with Gasteiger partial charge in [-0.1, -0.05) is 11.6 Å². The van der Waals surface area contributed by atoms with Gasteiger partial charge in [0.25, 0.3) is 5.69 Å². The van der Waals surface area contributed by atoms with Gasteiger partial charge in [0, 0.05) is 13.1 Å². The standard InChI is InChI=1S/C12H11ClF3N5O2/c1-6-18-19-11(20(6)2)5-17-9-4-8(13)7(12(14,15)16)3-10(9)21(22)23/h3-4,17H,5H2,1-2H3. The first kappa shape index (κ1) is 17.0. The van der Waals surface area contributed by atoms with Crippen molar-refractivity contribution < 1.29 is 18.1 Å². The molecule has 11 heteroatoms. The second-order valence-corrected chi connectivity index (χ2v) is 5.09. The lowest BCUT2D eigenvalue weighted by molar-refractivity contribution is -0.384. The highest BCUT2D eigenvalue weighted by atomic mass is 35.5. The van der Waals surface area contributed by atoms with E-state index in [1.807, 2.05) is 0 Å². The maximum atomic E-state index is 12.8. The van der Waals surface area contributed by atoms with E-state index < -0.39 is 27.4 Å². The summed E-state index contributed by atoms with van der Waals surface area (Å²) in [5, 5.41) is 20.7. The van der Waals surface area contributed by atoms with Gasteiger partial charge in [0.1, 0.15) is 11.5 Å². The molecule has 2 rings (SSSR count). The van der Waals surface area contributed by atoms with E-state index in [4.69, 9.17) is 11.6 Å². The van der Waals surface area contributed by atoms with Crippen molar-refractivity contribution >= 4 is 23.0 Å². The molecule has 2 aromatic rings. The van der Waals surface area contributed by atoms with Gasteiger partial charge in [0.2, 0.25) is 0 Å². The van der Waals surface area contributed by atoms with Crippen LogP contribution in [0.3, 0.4) is 0 Å². The first-order valence-corrected chi connectivity index (χ1v) is 6.63. The normalized spacial score (nSPS) is 11.6. The van der Waals surface area contributed by atoms with Gasteiger partial charge in [-0.25, -0.2) is 0 Å². The van der Waals surface area contributed by atoms with E-state index in [2.05, 4.69) is 15.5 Å². The van der Waals surface area contributed by atoms with Crippen LogP contribution in [0.1, 0.15) is 17.2 Å². The van der Waals surface area contributed by atoms with Gasteiger partial charge < -0.3 is 9.88 Å². The predicted molar refractivity (Wildman–Crippen MR) is 76.2 cm³/mol. The Morgan fingerprint density at radius 2 is 2.04 bits per heavy atom. The molecule has 7 nitrogen and oxygen atoms in total. The summed E-state index contributed by atoms with van der Waals surface area (Å²) < 4.78 is 40.0. The molecular formula is C12H11ClF3N5O2. The van der Waals surface area contributed by atoms with E-state index in [9.17, 15) is 23.3 Å².